The summed E-state index contributed by atoms with van der Waals surface area (Å²) in [6.07, 6.45) is 3.47. The van der Waals surface area contributed by atoms with Crippen molar-refractivity contribution in [2.75, 3.05) is 13.1 Å². The highest BCUT2D eigenvalue weighted by Crippen LogP contribution is 2.15. The second-order valence-corrected chi connectivity index (χ2v) is 3.52. The van der Waals surface area contributed by atoms with Gasteiger partial charge >= 0.3 is 0 Å². The van der Waals surface area contributed by atoms with Crippen LogP contribution in [0.2, 0.25) is 0 Å². The van der Waals surface area contributed by atoms with Crippen molar-refractivity contribution < 1.29 is 4.79 Å². The van der Waals surface area contributed by atoms with Crippen LogP contribution in [-0.2, 0) is 4.79 Å². The third kappa shape index (κ3) is 2.62. The second kappa shape index (κ2) is 4.29. The predicted octanol–water partition coefficient (Wildman–Crippen LogP) is 1.80. The van der Waals surface area contributed by atoms with Crippen LogP contribution >= 0.6 is 23.2 Å². The zero-order valence-electron chi connectivity index (χ0n) is 6.22. The van der Waals surface area contributed by atoms with Crippen molar-refractivity contribution in [3.63, 3.8) is 0 Å². The Morgan fingerprint density at radius 1 is 1.27 bits per heavy atom. The van der Waals surface area contributed by atoms with Gasteiger partial charge in [0.05, 0.1) is 0 Å². The summed E-state index contributed by atoms with van der Waals surface area (Å²) in [6, 6.07) is 0. The number of nitrogens with zero attached hydrogens (tertiary/aromatic N) is 1. The van der Waals surface area contributed by atoms with Crippen molar-refractivity contribution in [1.82, 2.24) is 4.90 Å². The topological polar surface area (TPSA) is 20.3 Å². The lowest BCUT2D eigenvalue weighted by atomic mass is 10.1. The number of likely N-dealkylation sites (tertiary alicyclic amines) is 1. The van der Waals surface area contributed by atoms with E-state index < -0.39 is 10.7 Å². The smallest absolute Gasteiger partial charge is 0.254 e. The molecule has 0 aromatic heterocycles. The lowest BCUT2D eigenvalue weighted by molar-refractivity contribution is -0.114. The summed E-state index contributed by atoms with van der Waals surface area (Å²) in [5.41, 5.74) is -0.614. The van der Waals surface area contributed by atoms with Crippen LogP contribution in [-0.4, -0.2) is 28.7 Å². The molecule has 0 saturated carbocycles. The SMILES string of the molecule is O=C(Cl)C(Cl)N1CCCCC1. The highest BCUT2D eigenvalue weighted by atomic mass is 35.5. The Labute approximate surface area is 76.5 Å². The number of carbonyl (C=O) groups excluding carboxylic acids is 1. The van der Waals surface area contributed by atoms with Crippen LogP contribution in [0.4, 0.5) is 0 Å². The Bertz CT molecular complexity index is 145. The molecule has 1 heterocycles. The summed E-state index contributed by atoms with van der Waals surface area (Å²) in [5.74, 6) is 0. The number of alkyl halides is 1. The van der Waals surface area contributed by atoms with Crippen LogP contribution in [0.3, 0.4) is 0 Å². The van der Waals surface area contributed by atoms with Crippen LogP contribution in [0.25, 0.3) is 0 Å². The van der Waals surface area contributed by atoms with Gasteiger partial charge in [0.25, 0.3) is 5.24 Å². The number of hydrogen-bond acceptors (Lipinski definition) is 2. The molecule has 0 spiro atoms. The van der Waals surface area contributed by atoms with Crippen LogP contribution in [0.1, 0.15) is 19.3 Å². The molecule has 1 saturated heterocycles. The first kappa shape index (κ1) is 9.30. The summed E-state index contributed by atoms with van der Waals surface area (Å²) < 4.78 is 0. The van der Waals surface area contributed by atoms with Crippen molar-refractivity contribution in [3.8, 4) is 0 Å². The molecule has 0 aromatic carbocycles. The molecule has 1 atom stereocenters. The lowest BCUT2D eigenvalue weighted by Crippen LogP contribution is -2.38. The third-order valence-electron chi connectivity index (χ3n) is 1.90. The number of hydrogen-bond donors (Lipinski definition) is 0. The van der Waals surface area contributed by atoms with E-state index in [2.05, 4.69) is 0 Å². The lowest BCUT2D eigenvalue weighted by Gasteiger charge is -2.28. The maximum Gasteiger partial charge on any atom is 0.254 e. The van der Waals surface area contributed by atoms with Crippen LogP contribution in [0.15, 0.2) is 0 Å². The Balaban J connectivity index is 2.38. The summed E-state index contributed by atoms with van der Waals surface area (Å²) >= 11 is 11.0. The third-order valence-corrected chi connectivity index (χ3v) is 2.69. The molecular weight excluding hydrogens is 185 g/mol. The Hall–Kier alpha value is 0.210. The van der Waals surface area contributed by atoms with E-state index in [0.29, 0.717) is 0 Å². The van der Waals surface area contributed by atoms with Gasteiger partial charge in [0, 0.05) is 0 Å². The molecular formula is C7H11Cl2NO. The standard InChI is InChI=1S/C7H11Cl2NO/c8-6(7(9)11)10-4-2-1-3-5-10/h6H,1-5H2. The molecule has 1 rings (SSSR count). The Morgan fingerprint density at radius 2 is 1.82 bits per heavy atom. The van der Waals surface area contributed by atoms with Gasteiger partial charge in [-0.2, -0.15) is 0 Å². The van der Waals surface area contributed by atoms with E-state index >= 15 is 0 Å². The number of halogens is 2. The van der Waals surface area contributed by atoms with E-state index in [1.54, 1.807) is 0 Å². The van der Waals surface area contributed by atoms with Crippen LogP contribution < -0.4 is 0 Å². The average Bonchev–Trinajstić information content (AvgIpc) is 2.05. The molecule has 0 aromatic rings. The zero-order chi connectivity index (χ0) is 8.27. The monoisotopic (exact) mass is 195 g/mol. The van der Waals surface area contributed by atoms with Gasteiger partial charge in [0.15, 0.2) is 5.50 Å². The fraction of sp³-hybridized carbons (Fsp3) is 0.857. The molecule has 11 heavy (non-hydrogen) atoms. The Kier molecular flexibility index (Phi) is 3.63. The first-order valence-corrected chi connectivity index (χ1v) is 4.61. The molecule has 64 valence electrons. The van der Waals surface area contributed by atoms with Crippen molar-refractivity contribution >= 4 is 28.4 Å². The van der Waals surface area contributed by atoms with E-state index in [1.807, 2.05) is 4.90 Å². The van der Waals surface area contributed by atoms with Crippen molar-refractivity contribution in [1.29, 1.82) is 0 Å². The largest absolute Gasteiger partial charge is 0.280 e. The van der Waals surface area contributed by atoms with E-state index in [1.165, 1.54) is 6.42 Å². The van der Waals surface area contributed by atoms with E-state index in [9.17, 15) is 4.79 Å². The summed E-state index contributed by atoms with van der Waals surface area (Å²) in [6.45, 7) is 1.79. The maximum atomic E-state index is 10.6. The number of carbonyl (C=O) groups is 1. The molecule has 0 N–H and O–H groups in total. The maximum absolute atomic E-state index is 10.6. The normalized spacial score (nSPS) is 23.1. The Morgan fingerprint density at radius 3 is 2.27 bits per heavy atom. The highest BCUT2D eigenvalue weighted by molar-refractivity contribution is 6.69. The molecule has 1 aliphatic heterocycles. The molecule has 0 amide bonds. The van der Waals surface area contributed by atoms with Crippen molar-refractivity contribution in [3.05, 3.63) is 0 Å². The number of piperidine rings is 1. The van der Waals surface area contributed by atoms with Crippen molar-refractivity contribution in [2.45, 2.75) is 24.8 Å². The van der Waals surface area contributed by atoms with Gasteiger partial charge in [-0.3, -0.25) is 9.69 Å². The van der Waals surface area contributed by atoms with Gasteiger partial charge in [-0.05, 0) is 37.5 Å². The fourth-order valence-electron chi connectivity index (χ4n) is 1.29. The minimum Gasteiger partial charge on any atom is -0.280 e. The van der Waals surface area contributed by atoms with Gasteiger partial charge in [-0.15, -0.1) is 0 Å². The first-order chi connectivity index (χ1) is 5.22. The number of rotatable bonds is 2. The van der Waals surface area contributed by atoms with Crippen LogP contribution in [0, 0.1) is 0 Å². The van der Waals surface area contributed by atoms with Gasteiger partial charge < -0.3 is 0 Å². The van der Waals surface area contributed by atoms with E-state index in [0.717, 1.165) is 25.9 Å². The molecule has 0 aliphatic carbocycles. The molecule has 1 unspecified atom stereocenters. The minimum absolute atomic E-state index is 0.464. The molecule has 2 nitrogen and oxygen atoms in total. The molecule has 4 heteroatoms. The van der Waals surface area contributed by atoms with Gasteiger partial charge in [0.1, 0.15) is 0 Å². The van der Waals surface area contributed by atoms with Gasteiger partial charge in [0.2, 0.25) is 0 Å². The summed E-state index contributed by atoms with van der Waals surface area (Å²) in [5, 5.41) is -0.464. The van der Waals surface area contributed by atoms with Crippen LogP contribution in [0.5, 0.6) is 0 Å². The second-order valence-electron chi connectivity index (χ2n) is 2.74. The molecule has 1 aliphatic rings. The van der Waals surface area contributed by atoms with E-state index in [4.69, 9.17) is 23.2 Å². The molecule has 1 fully saturated rings. The zero-order valence-corrected chi connectivity index (χ0v) is 7.74. The predicted molar refractivity (Wildman–Crippen MR) is 45.9 cm³/mol. The molecule has 0 bridgehead atoms. The first-order valence-electron chi connectivity index (χ1n) is 3.79. The summed E-state index contributed by atoms with van der Waals surface area (Å²) in [7, 11) is 0. The van der Waals surface area contributed by atoms with Gasteiger partial charge in [-0.25, -0.2) is 0 Å². The minimum atomic E-state index is -0.614. The highest BCUT2D eigenvalue weighted by Gasteiger charge is 2.22. The van der Waals surface area contributed by atoms with Crippen molar-refractivity contribution in [2.24, 2.45) is 0 Å². The summed E-state index contributed by atoms with van der Waals surface area (Å²) in [4.78, 5) is 12.6. The van der Waals surface area contributed by atoms with E-state index in [-0.39, 0.29) is 0 Å². The quantitative estimate of drug-likeness (QED) is 0.381. The average molecular weight is 196 g/mol. The fourth-order valence-corrected chi connectivity index (χ4v) is 1.62. The molecule has 0 radical (unpaired) electrons. The van der Waals surface area contributed by atoms with Gasteiger partial charge in [-0.1, -0.05) is 18.0 Å².